The van der Waals surface area contributed by atoms with Crippen LogP contribution < -0.4 is 10.9 Å². The number of hydrogen-bond acceptors (Lipinski definition) is 4. The predicted octanol–water partition coefficient (Wildman–Crippen LogP) is 4.30. The van der Waals surface area contributed by atoms with Crippen LogP contribution in [0.5, 0.6) is 0 Å². The number of carbonyl (C=O) groups is 2. The van der Waals surface area contributed by atoms with E-state index in [1.807, 2.05) is 57.3 Å². The first-order valence-electron chi connectivity index (χ1n) is 10.6. The van der Waals surface area contributed by atoms with E-state index in [2.05, 4.69) is 20.9 Å². The van der Waals surface area contributed by atoms with Gasteiger partial charge >= 0.3 is 0 Å². The third-order valence-corrected chi connectivity index (χ3v) is 5.93. The SMILES string of the molecule is Cc1nn(C)c(C)c1CCC(=O)NNC(=O)c1cc(-c2ccc(Cl)cc2)nc2ccccc12. The lowest BCUT2D eigenvalue weighted by Gasteiger charge is -2.11. The first-order valence-corrected chi connectivity index (χ1v) is 11.0. The summed E-state index contributed by atoms with van der Waals surface area (Å²) in [4.78, 5) is 30.1. The summed E-state index contributed by atoms with van der Waals surface area (Å²) in [7, 11) is 1.88. The van der Waals surface area contributed by atoms with Crippen LogP contribution in [0.2, 0.25) is 5.02 Å². The number of carbonyl (C=O) groups excluding carboxylic acids is 2. The maximum absolute atomic E-state index is 13.0. The summed E-state index contributed by atoms with van der Waals surface area (Å²) in [6, 6.07) is 16.4. The van der Waals surface area contributed by atoms with Gasteiger partial charge in [0.25, 0.3) is 5.91 Å². The third-order valence-electron chi connectivity index (χ3n) is 5.68. The lowest BCUT2D eigenvalue weighted by molar-refractivity contribution is -0.121. The quantitative estimate of drug-likeness (QED) is 0.434. The number of hydrogen-bond donors (Lipinski definition) is 2. The van der Waals surface area contributed by atoms with Gasteiger partial charge in [-0.05, 0) is 50.1 Å². The maximum Gasteiger partial charge on any atom is 0.270 e. The molecule has 0 aliphatic carbocycles. The minimum Gasteiger partial charge on any atom is -0.273 e. The van der Waals surface area contributed by atoms with Gasteiger partial charge in [-0.2, -0.15) is 5.10 Å². The van der Waals surface area contributed by atoms with Crippen LogP contribution in [0.3, 0.4) is 0 Å². The Labute approximate surface area is 196 Å². The molecular formula is C25H24ClN5O2. The molecule has 168 valence electrons. The second-order valence-electron chi connectivity index (χ2n) is 7.85. The van der Waals surface area contributed by atoms with Crippen LogP contribution in [-0.2, 0) is 18.3 Å². The van der Waals surface area contributed by atoms with Gasteiger partial charge in [-0.25, -0.2) is 4.98 Å². The molecular weight excluding hydrogens is 438 g/mol. The highest BCUT2D eigenvalue weighted by atomic mass is 35.5. The normalized spacial score (nSPS) is 10.9. The molecule has 0 aliphatic rings. The highest BCUT2D eigenvalue weighted by Gasteiger charge is 2.16. The van der Waals surface area contributed by atoms with Crippen molar-refractivity contribution in [1.29, 1.82) is 0 Å². The number of fused-ring (bicyclic) bond motifs is 1. The van der Waals surface area contributed by atoms with Crippen LogP contribution in [-0.4, -0.2) is 26.6 Å². The summed E-state index contributed by atoms with van der Waals surface area (Å²) in [6.45, 7) is 3.90. The molecule has 0 saturated heterocycles. The fourth-order valence-corrected chi connectivity index (χ4v) is 3.93. The number of amides is 2. The highest BCUT2D eigenvalue weighted by molar-refractivity contribution is 6.30. The Morgan fingerprint density at radius 3 is 2.45 bits per heavy atom. The smallest absolute Gasteiger partial charge is 0.270 e. The van der Waals surface area contributed by atoms with Crippen molar-refractivity contribution in [2.75, 3.05) is 0 Å². The van der Waals surface area contributed by atoms with Crippen molar-refractivity contribution in [2.45, 2.75) is 26.7 Å². The van der Waals surface area contributed by atoms with Crippen LogP contribution in [0, 0.1) is 13.8 Å². The van der Waals surface area contributed by atoms with Crippen LogP contribution in [0.15, 0.2) is 54.6 Å². The van der Waals surface area contributed by atoms with E-state index < -0.39 is 5.91 Å². The van der Waals surface area contributed by atoms with E-state index in [1.54, 1.807) is 22.9 Å². The van der Waals surface area contributed by atoms with Gasteiger partial charge in [0, 0.05) is 35.1 Å². The van der Waals surface area contributed by atoms with Gasteiger partial charge in [-0.3, -0.25) is 25.1 Å². The average Bonchev–Trinajstić information content (AvgIpc) is 3.06. The molecule has 4 aromatic rings. The Balaban J connectivity index is 1.50. The van der Waals surface area contributed by atoms with E-state index >= 15 is 0 Å². The molecule has 0 atom stereocenters. The van der Waals surface area contributed by atoms with E-state index in [1.165, 1.54) is 0 Å². The summed E-state index contributed by atoms with van der Waals surface area (Å²) in [6.07, 6.45) is 0.785. The molecule has 4 rings (SSSR count). The number of nitrogens with one attached hydrogen (secondary N) is 2. The van der Waals surface area contributed by atoms with Crippen molar-refractivity contribution in [3.8, 4) is 11.3 Å². The molecule has 0 radical (unpaired) electrons. The van der Waals surface area contributed by atoms with E-state index in [4.69, 9.17) is 11.6 Å². The van der Waals surface area contributed by atoms with E-state index in [9.17, 15) is 9.59 Å². The summed E-state index contributed by atoms with van der Waals surface area (Å²) in [5, 5.41) is 5.69. The first-order chi connectivity index (χ1) is 15.8. The zero-order chi connectivity index (χ0) is 23.5. The number of benzene rings is 2. The lowest BCUT2D eigenvalue weighted by atomic mass is 10.0. The Kier molecular flexibility index (Phi) is 6.42. The zero-order valence-electron chi connectivity index (χ0n) is 18.6. The number of aromatic nitrogens is 3. The average molecular weight is 462 g/mol. The molecule has 2 heterocycles. The van der Waals surface area contributed by atoms with Gasteiger partial charge in [0.2, 0.25) is 5.91 Å². The number of nitrogens with zero attached hydrogens (tertiary/aromatic N) is 3. The van der Waals surface area contributed by atoms with Gasteiger partial charge in [0.15, 0.2) is 0 Å². The second-order valence-corrected chi connectivity index (χ2v) is 8.29. The number of halogens is 1. The molecule has 33 heavy (non-hydrogen) atoms. The maximum atomic E-state index is 13.0. The van der Waals surface area contributed by atoms with Crippen LogP contribution >= 0.6 is 11.6 Å². The number of para-hydroxylation sites is 1. The van der Waals surface area contributed by atoms with Gasteiger partial charge < -0.3 is 0 Å². The molecule has 0 fully saturated rings. The Morgan fingerprint density at radius 1 is 1.03 bits per heavy atom. The van der Waals surface area contributed by atoms with Crippen molar-refractivity contribution in [1.82, 2.24) is 25.6 Å². The molecule has 0 unspecified atom stereocenters. The standard InChI is InChI=1S/C25H24ClN5O2/c1-15-19(16(2)31(3)30-15)12-13-24(32)28-29-25(33)21-14-23(17-8-10-18(26)11-9-17)27-22-7-5-4-6-20(21)22/h4-11,14H,12-13H2,1-3H3,(H,28,32)(H,29,33). The van der Waals surface area contributed by atoms with Gasteiger partial charge in [-0.1, -0.05) is 41.9 Å². The number of hydrazine groups is 1. The Bertz CT molecular complexity index is 1350. The molecule has 0 saturated carbocycles. The van der Waals surface area contributed by atoms with E-state index in [-0.39, 0.29) is 12.3 Å². The number of pyridine rings is 1. The lowest BCUT2D eigenvalue weighted by Crippen LogP contribution is -2.41. The largest absolute Gasteiger partial charge is 0.273 e. The second kappa shape index (κ2) is 9.42. The van der Waals surface area contributed by atoms with Gasteiger partial charge in [0.05, 0.1) is 22.5 Å². The minimum absolute atomic E-state index is 0.237. The van der Waals surface area contributed by atoms with Gasteiger partial charge in [0.1, 0.15) is 0 Å². The molecule has 2 N–H and O–H groups in total. The van der Waals surface area contributed by atoms with E-state index in [0.29, 0.717) is 33.6 Å². The predicted molar refractivity (Wildman–Crippen MR) is 129 cm³/mol. The molecule has 2 amide bonds. The molecule has 2 aromatic heterocycles. The number of rotatable bonds is 5. The molecule has 0 aliphatic heterocycles. The van der Waals surface area contributed by atoms with Crippen LogP contribution in [0.1, 0.15) is 33.7 Å². The number of aryl methyl sites for hydroxylation is 2. The first kappa shape index (κ1) is 22.5. The third kappa shape index (κ3) is 4.88. The fraction of sp³-hybridized carbons (Fsp3) is 0.200. The highest BCUT2D eigenvalue weighted by Crippen LogP contribution is 2.26. The molecule has 0 bridgehead atoms. The zero-order valence-corrected chi connectivity index (χ0v) is 19.4. The molecule has 8 heteroatoms. The Hall–Kier alpha value is -3.71. The summed E-state index contributed by atoms with van der Waals surface area (Å²) in [5.74, 6) is -0.687. The Morgan fingerprint density at radius 2 is 1.76 bits per heavy atom. The van der Waals surface area contributed by atoms with E-state index in [0.717, 1.165) is 22.5 Å². The fourth-order valence-electron chi connectivity index (χ4n) is 3.81. The molecule has 0 spiro atoms. The van der Waals surface area contributed by atoms with Crippen molar-refractivity contribution in [3.63, 3.8) is 0 Å². The molecule has 7 nitrogen and oxygen atoms in total. The topological polar surface area (TPSA) is 88.9 Å². The summed E-state index contributed by atoms with van der Waals surface area (Å²) >= 11 is 6.00. The minimum atomic E-state index is -0.411. The van der Waals surface area contributed by atoms with Crippen LogP contribution in [0.25, 0.3) is 22.2 Å². The van der Waals surface area contributed by atoms with Crippen molar-refractivity contribution >= 4 is 34.3 Å². The van der Waals surface area contributed by atoms with Crippen molar-refractivity contribution in [2.24, 2.45) is 7.05 Å². The summed E-state index contributed by atoms with van der Waals surface area (Å²) < 4.78 is 1.80. The molecule has 2 aromatic carbocycles. The monoisotopic (exact) mass is 461 g/mol. The van der Waals surface area contributed by atoms with Gasteiger partial charge in [-0.15, -0.1) is 0 Å². The summed E-state index contributed by atoms with van der Waals surface area (Å²) in [5.41, 5.74) is 10.6. The van der Waals surface area contributed by atoms with Crippen molar-refractivity contribution in [3.05, 3.63) is 82.1 Å². The van der Waals surface area contributed by atoms with Crippen LogP contribution in [0.4, 0.5) is 0 Å². The van der Waals surface area contributed by atoms with Crippen molar-refractivity contribution < 1.29 is 9.59 Å².